The van der Waals surface area contributed by atoms with Crippen molar-refractivity contribution < 1.29 is 14.0 Å². The van der Waals surface area contributed by atoms with Crippen LogP contribution in [0.4, 0.5) is 0 Å². The average Bonchev–Trinajstić information content (AvgIpc) is 3.41. The molecule has 0 aliphatic heterocycles. The first-order chi connectivity index (χ1) is 15.1. The fourth-order valence-electron chi connectivity index (χ4n) is 4.21. The second kappa shape index (κ2) is 6.37. The molecule has 31 heavy (non-hydrogen) atoms. The van der Waals surface area contributed by atoms with Crippen LogP contribution in [0.2, 0.25) is 0 Å². The van der Waals surface area contributed by atoms with Crippen molar-refractivity contribution in [1.82, 2.24) is 9.55 Å². The molecule has 148 valence electrons. The second-order valence-electron chi connectivity index (χ2n) is 7.69. The minimum absolute atomic E-state index is 0.182. The highest BCUT2D eigenvalue weighted by Crippen LogP contribution is 2.34. The van der Waals surface area contributed by atoms with Gasteiger partial charge in [0, 0.05) is 54.0 Å². The number of aryl methyl sites for hydroxylation is 1. The molecule has 1 aliphatic rings. The number of allylic oxidation sites excluding steroid dienone is 1. The van der Waals surface area contributed by atoms with Crippen LogP contribution in [0.15, 0.2) is 83.0 Å². The van der Waals surface area contributed by atoms with Crippen LogP contribution in [-0.4, -0.2) is 21.1 Å². The van der Waals surface area contributed by atoms with E-state index in [0.29, 0.717) is 16.7 Å². The lowest BCUT2D eigenvalue weighted by Crippen LogP contribution is -2.01. The van der Waals surface area contributed by atoms with E-state index in [0.717, 1.165) is 33.3 Å². The second-order valence-corrected chi connectivity index (χ2v) is 7.69. The molecule has 0 fully saturated rings. The number of carbonyl (C=O) groups excluding carboxylic acids is 2. The van der Waals surface area contributed by atoms with E-state index in [9.17, 15) is 9.59 Å². The summed E-state index contributed by atoms with van der Waals surface area (Å²) in [6.07, 6.45) is 5.12. The number of fused-ring (bicyclic) bond motifs is 3. The lowest BCUT2D eigenvalue weighted by Gasteiger charge is -2.00. The quantitative estimate of drug-likeness (QED) is 0.290. The van der Waals surface area contributed by atoms with Crippen LogP contribution in [0.5, 0.6) is 0 Å². The number of hydrogen-bond donors (Lipinski definition) is 0. The van der Waals surface area contributed by atoms with Gasteiger partial charge in [0.2, 0.25) is 0 Å². The molecule has 2 aromatic carbocycles. The molecule has 0 bridgehead atoms. The smallest absolute Gasteiger partial charge is 0.197 e. The number of benzene rings is 2. The molecule has 6 rings (SSSR count). The van der Waals surface area contributed by atoms with Gasteiger partial charge in [0.25, 0.3) is 0 Å². The van der Waals surface area contributed by atoms with Gasteiger partial charge in [0.05, 0.1) is 11.1 Å². The zero-order valence-electron chi connectivity index (χ0n) is 16.6. The van der Waals surface area contributed by atoms with Gasteiger partial charge in [0.1, 0.15) is 5.76 Å². The first-order valence-electron chi connectivity index (χ1n) is 9.94. The number of aromatic nitrogens is 2. The van der Waals surface area contributed by atoms with Gasteiger partial charge in [-0.1, -0.05) is 24.3 Å². The SMILES string of the molecule is Cn1c(C=C2C(=O)c3cc4ccccc4cc3C2=O)cc2oc(-c3cccnc3)cc21. The molecule has 0 saturated heterocycles. The van der Waals surface area contributed by atoms with E-state index >= 15 is 0 Å². The molecule has 0 atom stereocenters. The van der Waals surface area contributed by atoms with Gasteiger partial charge in [-0.2, -0.15) is 0 Å². The van der Waals surface area contributed by atoms with Crippen LogP contribution >= 0.6 is 0 Å². The van der Waals surface area contributed by atoms with Gasteiger partial charge in [-0.05, 0) is 41.1 Å². The molecule has 3 aromatic heterocycles. The highest BCUT2D eigenvalue weighted by molar-refractivity contribution is 6.42. The number of carbonyl (C=O) groups is 2. The van der Waals surface area contributed by atoms with Gasteiger partial charge in [0.15, 0.2) is 17.1 Å². The van der Waals surface area contributed by atoms with Crippen molar-refractivity contribution in [1.29, 1.82) is 0 Å². The van der Waals surface area contributed by atoms with Crippen molar-refractivity contribution in [2.24, 2.45) is 7.05 Å². The van der Waals surface area contributed by atoms with Crippen LogP contribution in [0.1, 0.15) is 26.4 Å². The Morgan fingerprint density at radius 1 is 0.903 bits per heavy atom. The lowest BCUT2D eigenvalue weighted by molar-refractivity contribution is 0.0990. The predicted octanol–water partition coefficient (Wildman–Crippen LogP) is 5.45. The van der Waals surface area contributed by atoms with Crippen LogP contribution in [0.3, 0.4) is 0 Å². The van der Waals surface area contributed by atoms with E-state index < -0.39 is 0 Å². The predicted molar refractivity (Wildman–Crippen MR) is 119 cm³/mol. The summed E-state index contributed by atoms with van der Waals surface area (Å²) in [4.78, 5) is 30.2. The zero-order chi connectivity index (χ0) is 21.1. The van der Waals surface area contributed by atoms with Crippen molar-refractivity contribution >= 4 is 39.5 Å². The molecule has 0 saturated carbocycles. The third-order valence-electron chi connectivity index (χ3n) is 5.87. The van der Waals surface area contributed by atoms with Crippen molar-refractivity contribution in [3.63, 3.8) is 0 Å². The zero-order valence-corrected chi connectivity index (χ0v) is 16.6. The third kappa shape index (κ3) is 2.60. The largest absolute Gasteiger partial charge is 0.454 e. The molecule has 5 aromatic rings. The number of pyridine rings is 1. The normalized spacial score (nSPS) is 13.4. The summed E-state index contributed by atoms with van der Waals surface area (Å²) in [7, 11) is 1.89. The Hall–Kier alpha value is -4.25. The molecule has 0 amide bonds. The Balaban J connectivity index is 1.43. The van der Waals surface area contributed by atoms with Crippen LogP contribution in [0.25, 0.3) is 39.3 Å². The Morgan fingerprint density at radius 3 is 2.23 bits per heavy atom. The summed E-state index contributed by atoms with van der Waals surface area (Å²) in [6.45, 7) is 0. The summed E-state index contributed by atoms with van der Waals surface area (Å²) in [6, 6.07) is 18.9. The van der Waals surface area contributed by atoms with E-state index in [-0.39, 0.29) is 17.1 Å². The number of Topliss-reactive ketones (excluding diaryl/α,β-unsaturated/α-hetero) is 2. The van der Waals surface area contributed by atoms with E-state index in [1.54, 1.807) is 18.5 Å². The summed E-state index contributed by atoms with van der Waals surface area (Å²) >= 11 is 0. The highest BCUT2D eigenvalue weighted by Gasteiger charge is 2.33. The minimum Gasteiger partial charge on any atom is -0.454 e. The summed E-state index contributed by atoms with van der Waals surface area (Å²) in [5.41, 5.74) is 4.31. The van der Waals surface area contributed by atoms with Gasteiger partial charge in [-0.3, -0.25) is 14.6 Å². The molecule has 0 N–H and O–H groups in total. The maximum Gasteiger partial charge on any atom is 0.197 e. The summed E-state index contributed by atoms with van der Waals surface area (Å²) in [5, 5.41) is 1.89. The first kappa shape index (κ1) is 17.6. The molecule has 0 radical (unpaired) electrons. The minimum atomic E-state index is -0.236. The van der Waals surface area contributed by atoms with Crippen molar-refractivity contribution in [2.45, 2.75) is 0 Å². The lowest BCUT2D eigenvalue weighted by atomic mass is 10.0. The Kier molecular flexibility index (Phi) is 3.62. The Bertz CT molecular complexity index is 1510. The fraction of sp³-hybridized carbons (Fsp3) is 0.0385. The van der Waals surface area contributed by atoms with Crippen LogP contribution in [0, 0.1) is 0 Å². The van der Waals surface area contributed by atoms with Gasteiger partial charge in [-0.25, -0.2) is 0 Å². The fourth-order valence-corrected chi connectivity index (χ4v) is 4.21. The number of furan rings is 1. The number of ketones is 2. The maximum atomic E-state index is 13.0. The highest BCUT2D eigenvalue weighted by atomic mass is 16.3. The molecule has 1 aliphatic carbocycles. The molecule has 3 heterocycles. The van der Waals surface area contributed by atoms with Crippen molar-refractivity contribution in [2.75, 3.05) is 0 Å². The van der Waals surface area contributed by atoms with Gasteiger partial charge < -0.3 is 8.98 Å². The average molecular weight is 404 g/mol. The van der Waals surface area contributed by atoms with Crippen LogP contribution in [-0.2, 0) is 7.05 Å². The van der Waals surface area contributed by atoms with E-state index in [4.69, 9.17) is 4.42 Å². The van der Waals surface area contributed by atoms with Crippen molar-refractivity contribution in [3.8, 4) is 11.3 Å². The number of rotatable bonds is 2. The monoisotopic (exact) mass is 404 g/mol. The Labute approximate surface area is 177 Å². The number of nitrogens with zero attached hydrogens (tertiary/aromatic N) is 2. The molecular weight excluding hydrogens is 388 g/mol. The van der Waals surface area contributed by atoms with Gasteiger partial charge in [-0.15, -0.1) is 0 Å². The topological polar surface area (TPSA) is 65.1 Å². The Morgan fingerprint density at radius 2 is 1.61 bits per heavy atom. The van der Waals surface area contributed by atoms with E-state index in [2.05, 4.69) is 4.98 Å². The standard InChI is InChI=1S/C26H16N2O3/c1-28-18(12-24-22(28)13-23(31-24)17-7-4-8-27-14-17)11-21-25(29)19-9-15-5-2-3-6-16(15)10-20(19)26(21)30/h2-14H,1H3. The van der Waals surface area contributed by atoms with Crippen LogP contribution < -0.4 is 0 Å². The van der Waals surface area contributed by atoms with Crippen molar-refractivity contribution in [3.05, 3.63) is 95.5 Å². The summed E-state index contributed by atoms with van der Waals surface area (Å²) < 4.78 is 7.91. The first-order valence-corrected chi connectivity index (χ1v) is 9.94. The number of hydrogen-bond acceptors (Lipinski definition) is 4. The van der Waals surface area contributed by atoms with E-state index in [1.807, 2.05) is 72.3 Å². The summed E-state index contributed by atoms with van der Waals surface area (Å²) in [5.74, 6) is 0.249. The third-order valence-corrected chi connectivity index (χ3v) is 5.87. The molecule has 5 heteroatoms. The molecule has 0 unspecified atom stereocenters. The molecular formula is C26H16N2O3. The molecule has 5 nitrogen and oxygen atoms in total. The molecule has 0 spiro atoms. The maximum absolute atomic E-state index is 13.0. The van der Waals surface area contributed by atoms with E-state index in [1.165, 1.54) is 0 Å². The van der Waals surface area contributed by atoms with Gasteiger partial charge >= 0.3 is 0 Å².